The number of sulfonamides is 1. The van der Waals surface area contributed by atoms with Gasteiger partial charge in [0.25, 0.3) is 0 Å². The summed E-state index contributed by atoms with van der Waals surface area (Å²) in [6, 6.07) is -0.892. The summed E-state index contributed by atoms with van der Waals surface area (Å²) in [4.78, 5) is 21.8. The van der Waals surface area contributed by atoms with Crippen LogP contribution in [0.5, 0.6) is 0 Å². The molecular formula is C6H9ClN2O4S. The van der Waals surface area contributed by atoms with Crippen LogP contribution in [0.3, 0.4) is 0 Å². The van der Waals surface area contributed by atoms with Crippen molar-refractivity contribution < 1.29 is 18.0 Å². The van der Waals surface area contributed by atoms with Crippen LogP contribution in [0.4, 0.5) is 0 Å². The fourth-order valence-corrected chi connectivity index (χ4v) is 1.96. The van der Waals surface area contributed by atoms with E-state index < -0.39 is 33.1 Å². The number of carbonyl (C=O) groups is 2. The van der Waals surface area contributed by atoms with Crippen molar-refractivity contribution in [2.45, 2.75) is 18.9 Å². The number of rotatable bonds is 3. The zero-order valence-corrected chi connectivity index (χ0v) is 8.69. The lowest BCUT2D eigenvalue weighted by molar-refractivity contribution is -0.134. The van der Waals surface area contributed by atoms with Gasteiger partial charge in [0.15, 0.2) is 0 Å². The summed E-state index contributed by atoms with van der Waals surface area (Å²) in [6.45, 7) is 0. The quantitative estimate of drug-likeness (QED) is 0.484. The maximum absolute atomic E-state index is 11.1. The summed E-state index contributed by atoms with van der Waals surface area (Å²) >= 11 is 5.14. The van der Waals surface area contributed by atoms with E-state index in [1.807, 2.05) is 5.32 Å². The van der Waals surface area contributed by atoms with Gasteiger partial charge in [-0.3, -0.25) is 14.9 Å². The number of halogens is 1. The minimum Gasteiger partial charge on any atom is -0.295 e. The summed E-state index contributed by atoms with van der Waals surface area (Å²) in [5.74, 6) is -1.02. The van der Waals surface area contributed by atoms with E-state index in [-0.39, 0.29) is 12.8 Å². The summed E-state index contributed by atoms with van der Waals surface area (Å²) in [7, 11) is -3.63. The first-order valence-corrected chi connectivity index (χ1v) is 6.03. The van der Waals surface area contributed by atoms with Crippen molar-refractivity contribution in [2.24, 2.45) is 0 Å². The zero-order valence-electron chi connectivity index (χ0n) is 7.12. The van der Waals surface area contributed by atoms with E-state index in [1.165, 1.54) is 0 Å². The Morgan fingerprint density at radius 2 is 2.14 bits per heavy atom. The van der Waals surface area contributed by atoms with Crippen LogP contribution in [0.15, 0.2) is 0 Å². The Labute approximate surface area is 86.0 Å². The Morgan fingerprint density at radius 1 is 1.50 bits per heavy atom. The molecular weight excluding hydrogens is 232 g/mol. The molecule has 6 nitrogen and oxygen atoms in total. The molecule has 2 amide bonds. The molecule has 80 valence electrons. The molecule has 0 aromatic rings. The molecule has 1 aliphatic heterocycles. The van der Waals surface area contributed by atoms with Crippen molar-refractivity contribution in [3.63, 3.8) is 0 Å². The Hall–Kier alpha value is -0.660. The van der Waals surface area contributed by atoms with Gasteiger partial charge in [-0.1, -0.05) is 0 Å². The van der Waals surface area contributed by atoms with Crippen LogP contribution >= 0.6 is 11.6 Å². The second-order valence-electron chi connectivity index (χ2n) is 2.85. The van der Waals surface area contributed by atoms with Gasteiger partial charge < -0.3 is 0 Å². The summed E-state index contributed by atoms with van der Waals surface area (Å²) in [5.41, 5.74) is 0. The lowest BCUT2D eigenvalue weighted by atomic mass is 10.1. The van der Waals surface area contributed by atoms with Gasteiger partial charge in [-0.05, 0) is 6.42 Å². The highest BCUT2D eigenvalue weighted by molar-refractivity contribution is 7.90. The maximum atomic E-state index is 11.1. The molecule has 1 aliphatic rings. The molecule has 2 N–H and O–H groups in total. The molecule has 1 saturated heterocycles. The zero-order chi connectivity index (χ0) is 10.8. The molecule has 8 heteroatoms. The molecule has 1 rings (SSSR count). The summed E-state index contributed by atoms with van der Waals surface area (Å²) in [6.07, 6.45) is 0.294. The molecule has 0 aromatic heterocycles. The highest BCUT2D eigenvalue weighted by Gasteiger charge is 2.29. The molecule has 0 spiro atoms. The van der Waals surface area contributed by atoms with Gasteiger partial charge in [0.2, 0.25) is 21.8 Å². The van der Waals surface area contributed by atoms with Crippen molar-refractivity contribution in [1.82, 2.24) is 10.0 Å². The van der Waals surface area contributed by atoms with Crippen LogP contribution in [0.1, 0.15) is 12.8 Å². The number of hydrogen-bond donors (Lipinski definition) is 2. The average Bonchev–Trinajstić information content (AvgIpc) is 2.10. The van der Waals surface area contributed by atoms with E-state index in [2.05, 4.69) is 4.72 Å². The Morgan fingerprint density at radius 3 is 2.64 bits per heavy atom. The SMILES string of the molecule is O=C1CCC(NS(=O)(=O)CCl)C(=O)N1. The highest BCUT2D eigenvalue weighted by Crippen LogP contribution is 2.06. The molecule has 1 heterocycles. The minimum atomic E-state index is -3.63. The Kier molecular flexibility index (Phi) is 3.46. The maximum Gasteiger partial charge on any atom is 0.244 e. The van der Waals surface area contributed by atoms with Gasteiger partial charge in [-0.15, -0.1) is 11.6 Å². The smallest absolute Gasteiger partial charge is 0.244 e. The Bertz CT molecular complexity index is 353. The van der Waals surface area contributed by atoms with Gasteiger partial charge in [0.1, 0.15) is 11.3 Å². The van der Waals surface area contributed by atoms with Crippen LogP contribution in [-0.2, 0) is 19.6 Å². The molecule has 0 aromatic carbocycles. The van der Waals surface area contributed by atoms with E-state index in [4.69, 9.17) is 11.6 Å². The first kappa shape index (κ1) is 11.4. The third-order valence-corrected chi connectivity index (χ3v) is 3.50. The van der Waals surface area contributed by atoms with E-state index in [9.17, 15) is 18.0 Å². The summed E-state index contributed by atoms with van der Waals surface area (Å²) < 4.78 is 24.1. The third kappa shape index (κ3) is 2.93. The van der Waals surface area contributed by atoms with Crippen LogP contribution in [0, 0.1) is 0 Å². The minimum absolute atomic E-state index is 0.126. The molecule has 0 aliphatic carbocycles. The number of hydrogen-bond acceptors (Lipinski definition) is 4. The Balaban J connectivity index is 2.63. The number of alkyl halides is 1. The lowest BCUT2D eigenvalue weighted by Gasteiger charge is -2.20. The number of nitrogens with one attached hydrogen (secondary N) is 2. The highest BCUT2D eigenvalue weighted by atomic mass is 35.5. The van der Waals surface area contributed by atoms with Gasteiger partial charge in [-0.2, -0.15) is 0 Å². The fraction of sp³-hybridized carbons (Fsp3) is 0.667. The molecule has 0 saturated carbocycles. The van der Waals surface area contributed by atoms with Crippen molar-refractivity contribution in [3.05, 3.63) is 0 Å². The lowest BCUT2D eigenvalue weighted by Crippen LogP contribution is -2.52. The van der Waals surface area contributed by atoms with Crippen molar-refractivity contribution in [3.8, 4) is 0 Å². The first-order valence-electron chi connectivity index (χ1n) is 3.84. The van der Waals surface area contributed by atoms with Crippen molar-refractivity contribution >= 4 is 33.4 Å². The second-order valence-corrected chi connectivity index (χ2v) is 5.18. The fourth-order valence-electron chi connectivity index (χ4n) is 1.05. The monoisotopic (exact) mass is 240 g/mol. The van der Waals surface area contributed by atoms with E-state index in [0.717, 1.165) is 0 Å². The van der Waals surface area contributed by atoms with Crippen LogP contribution in [0.25, 0.3) is 0 Å². The van der Waals surface area contributed by atoms with E-state index >= 15 is 0 Å². The molecule has 1 atom stereocenters. The number of imide groups is 1. The predicted molar refractivity (Wildman–Crippen MR) is 48.9 cm³/mol. The molecule has 0 radical (unpaired) electrons. The topological polar surface area (TPSA) is 92.3 Å². The standard InChI is InChI=1S/C6H9ClN2O4S/c7-3-14(12,13)9-4-1-2-5(10)8-6(4)11/h4,9H,1-3H2,(H,8,10,11). The van der Waals surface area contributed by atoms with Crippen LogP contribution < -0.4 is 10.0 Å². The second kappa shape index (κ2) is 4.24. The number of carbonyl (C=O) groups excluding carboxylic acids is 2. The number of amides is 2. The average molecular weight is 241 g/mol. The van der Waals surface area contributed by atoms with Crippen LogP contribution in [0.2, 0.25) is 0 Å². The van der Waals surface area contributed by atoms with E-state index in [1.54, 1.807) is 0 Å². The van der Waals surface area contributed by atoms with Gasteiger partial charge >= 0.3 is 0 Å². The third-order valence-electron chi connectivity index (χ3n) is 1.70. The van der Waals surface area contributed by atoms with Gasteiger partial charge in [0, 0.05) is 6.42 Å². The van der Waals surface area contributed by atoms with Crippen LogP contribution in [-0.4, -0.2) is 31.5 Å². The molecule has 14 heavy (non-hydrogen) atoms. The van der Waals surface area contributed by atoms with Gasteiger partial charge in [-0.25, -0.2) is 13.1 Å². The largest absolute Gasteiger partial charge is 0.295 e. The molecule has 1 fully saturated rings. The number of piperidine rings is 1. The predicted octanol–water partition coefficient (Wildman–Crippen LogP) is -1.09. The summed E-state index contributed by atoms with van der Waals surface area (Å²) in [5, 5.41) is 1.42. The molecule has 0 bridgehead atoms. The van der Waals surface area contributed by atoms with Gasteiger partial charge in [0.05, 0.1) is 0 Å². The van der Waals surface area contributed by atoms with Crippen molar-refractivity contribution in [1.29, 1.82) is 0 Å². The van der Waals surface area contributed by atoms with Crippen molar-refractivity contribution in [2.75, 3.05) is 5.21 Å². The first-order chi connectivity index (χ1) is 6.44. The van der Waals surface area contributed by atoms with E-state index in [0.29, 0.717) is 0 Å². The normalized spacial score (nSPS) is 23.4. The molecule has 1 unspecified atom stereocenters.